The van der Waals surface area contributed by atoms with Crippen molar-refractivity contribution in [3.8, 4) is 16.9 Å². The number of hydrogen-bond acceptors (Lipinski definition) is 9. The maximum absolute atomic E-state index is 13.8. The lowest BCUT2D eigenvalue weighted by molar-refractivity contribution is -0.133. The lowest BCUT2D eigenvalue weighted by atomic mass is 9.79. The second-order valence-electron chi connectivity index (χ2n) is 30.1. The van der Waals surface area contributed by atoms with E-state index >= 15 is 0 Å². The first-order valence-electron chi connectivity index (χ1n) is 37.7. The molecule has 9 nitrogen and oxygen atoms in total. The van der Waals surface area contributed by atoms with Crippen molar-refractivity contribution in [1.82, 2.24) is 0 Å². The van der Waals surface area contributed by atoms with Gasteiger partial charge in [-0.15, -0.1) is 0 Å². The van der Waals surface area contributed by atoms with Crippen LogP contribution in [0.4, 0.5) is 55.6 Å². The number of benzene rings is 11. The van der Waals surface area contributed by atoms with Gasteiger partial charge in [0.15, 0.2) is 0 Å². The summed E-state index contributed by atoms with van der Waals surface area (Å²) in [7, 11) is -0.875. The highest BCUT2D eigenvalue weighted by atomic mass is 79.9. The first-order chi connectivity index (χ1) is 52.7. The predicted octanol–water partition coefficient (Wildman–Crippen LogP) is 27.8. The average Bonchev–Trinajstić information content (AvgIpc) is 1.61. The zero-order valence-electron chi connectivity index (χ0n) is 64.3. The molecule has 0 N–H and O–H groups in total. The van der Waals surface area contributed by atoms with Crippen LogP contribution < -0.4 is 30.4 Å². The van der Waals surface area contributed by atoms with Crippen molar-refractivity contribution in [3.63, 3.8) is 0 Å². The lowest BCUT2D eigenvalue weighted by Crippen LogP contribution is -2.46. The van der Waals surface area contributed by atoms with Crippen LogP contribution in [0.5, 0.6) is 5.75 Å². The van der Waals surface area contributed by atoms with Crippen LogP contribution >= 0.6 is 95.6 Å². The van der Waals surface area contributed by atoms with Gasteiger partial charge >= 0.3 is 14.2 Å². The zero-order valence-corrected chi connectivity index (χ0v) is 73.8. The lowest BCUT2D eigenvalue weighted by Gasteiger charge is -2.40. The minimum atomic E-state index is -0.437. The van der Waals surface area contributed by atoms with Gasteiger partial charge in [-0.1, -0.05) is 202 Å². The Balaban J connectivity index is 0.000000160. The first-order valence-corrected chi connectivity index (χ1v) is 42.5. The Bertz CT molecular complexity index is 4340. The van der Waals surface area contributed by atoms with Crippen LogP contribution in [0, 0.1) is 11.2 Å². The molecule has 18 heteroatoms. The minimum Gasteiger partial charge on any atom is -0.493 e. The zero-order chi connectivity index (χ0) is 78.2. The molecule has 0 atom stereocenters. The summed E-state index contributed by atoms with van der Waals surface area (Å²) in [6, 6.07) is 90.4. The smallest absolute Gasteiger partial charge is 0.493 e. The molecule has 0 aliphatic carbocycles. The van der Waals surface area contributed by atoms with Crippen LogP contribution in [0.15, 0.2) is 294 Å². The fraction of sp³-hybridized carbons (Fsp3) is 0.283. The molecule has 0 saturated carbocycles. The number of rotatable bonds is 23. The summed E-state index contributed by atoms with van der Waals surface area (Å²) in [5.41, 5.74) is 13.6. The molecule has 0 spiro atoms. The Morgan fingerprint density at radius 1 is 0.336 bits per heavy atom. The molecule has 3 aliphatic rings. The van der Waals surface area contributed by atoms with Crippen LogP contribution in [0.1, 0.15) is 120 Å². The first kappa shape index (κ1) is 84.3. The summed E-state index contributed by atoms with van der Waals surface area (Å²) in [4.78, 5) is 6.61. The second kappa shape index (κ2) is 38.5. The van der Waals surface area contributed by atoms with E-state index in [4.69, 9.17) is 28.1 Å². The second-order valence-corrected chi connectivity index (χ2v) is 35.6. The number of anilines is 9. The molecule has 0 aromatic heterocycles. The minimum absolute atomic E-state index is 0.257. The summed E-state index contributed by atoms with van der Waals surface area (Å²) in [5.74, 6) is 0.652. The third-order valence-electron chi connectivity index (χ3n) is 21.0. The van der Waals surface area contributed by atoms with Crippen molar-refractivity contribution in [2.24, 2.45) is 5.41 Å². The number of hydrogen-bond donors (Lipinski definition) is 0. The van der Waals surface area contributed by atoms with E-state index in [1.807, 2.05) is 128 Å². The van der Waals surface area contributed by atoms with Gasteiger partial charge in [-0.2, -0.15) is 0 Å². The SMILES string of the molecule is Brc1ccc(N(c2ccc(Br)cc2)c2ccc(-c3ccc(N(c4ccc(Br)cc4)c4ccc(Br)cc4)cc3)cc2)cc1.CC1(C)OB(c2ccc(N(c3ccc(F)cc3)c3ccc(B4OC(C)(C)C(C)(C)O4)cc3)cc2)OC1(C)C.CCC1(COc2ccc(Br)cc2)COC1.CCCCCCCCc1ccc(Br)cc1. The van der Waals surface area contributed by atoms with E-state index in [2.05, 4.69) is 294 Å². The van der Waals surface area contributed by atoms with E-state index in [1.54, 1.807) is 12.1 Å². The molecule has 11 aromatic carbocycles. The Morgan fingerprint density at radius 3 is 0.891 bits per heavy atom. The number of aryl methyl sites for hydroxylation is 1. The summed E-state index contributed by atoms with van der Waals surface area (Å²) in [6.45, 7) is 23.2. The van der Waals surface area contributed by atoms with Crippen molar-refractivity contribution >= 4 is 172 Å². The predicted molar refractivity (Wildman–Crippen MR) is 479 cm³/mol. The molecule has 3 saturated heterocycles. The van der Waals surface area contributed by atoms with Gasteiger partial charge in [0.25, 0.3) is 0 Å². The summed E-state index contributed by atoms with van der Waals surface area (Å²) in [6.07, 6.45) is 10.6. The summed E-state index contributed by atoms with van der Waals surface area (Å²) in [5, 5.41) is 0. The normalized spacial score (nSPS) is 15.4. The molecular weight excluding hydrogens is 1760 g/mol. The van der Waals surface area contributed by atoms with Gasteiger partial charge in [-0.3, -0.25) is 0 Å². The Hall–Kier alpha value is -6.64. The van der Waals surface area contributed by atoms with Crippen molar-refractivity contribution in [3.05, 3.63) is 305 Å². The third-order valence-corrected chi connectivity index (χ3v) is 24.2. The van der Waals surface area contributed by atoms with E-state index in [0.29, 0.717) is 0 Å². The van der Waals surface area contributed by atoms with Crippen LogP contribution in [0.25, 0.3) is 11.1 Å². The van der Waals surface area contributed by atoms with Gasteiger partial charge in [0.2, 0.25) is 0 Å². The van der Waals surface area contributed by atoms with Gasteiger partial charge in [0.05, 0.1) is 47.6 Å². The van der Waals surface area contributed by atoms with Crippen LogP contribution in [0.3, 0.4) is 0 Å². The topological polar surface area (TPSA) is 65.1 Å². The van der Waals surface area contributed by atoms with E-state index in [-0.39, 0.29) is 11.2 Å². The number of ether oxygens (including phenoxy) is 2. The summed E-state index contributed by atoms with van der Waals surface area (Å²) >= 11 is 21.1. The van der Waals surface area contributed by atoms with Crippen molar-refractivity contribution in [2.45, 2.75) is 143 Å². The van der Waals surface area contributed by atoms with Crippen molar-refractivity contribution < 1.29 is 32.5 Å². The highest BCUT2D eigenvalue weighted by Crippen LogP contribution is 2.43. The van der Waals surface area contributed by atoms with Crippen molar-refractivity contribution in [1.29, 1.82) is 0 Å². The Kier molecular flexibility index (Phi) is 29.5. The average molecular weight is 1860 g/mol. The molecule has 0 unspecified atom stereocenters. The van der Waals surface area contributed by atoms with Crippen LogP contribution in [-0.2, 0) is 29.8 Å². The Morgan fingerprint density at radius 2 is 0.600 bits per heavy atom. The molecule has 0 radical (unpaired) electrons. The van der Waals surface area contributed by atoms with Gasteiger partial charge in [-0.25, -0.2) is 4.39 Å². The molecule has 0 amide bonds. The highest BCUT2D eigenvalue weighted by Gasteiger charge is 2.53. The monoisotopic (exact) mass is 1850 g/mol. The quantitative estimate of drug-likeness (QED) is 0.0460. The molecule has 0 bridgehead atoms. The standard InChI is InChI=1S/C36H24Br4N2.C30H36B2FNO4.C14H21Br.C12H15BrO2/c37-27-5-17-33(18-6-27)41(34-19-7-28(38)8-20-34)31-13-1-25(2-14-31)26-3-15-32(16-4-26)42(35-21-9-29(39)10-22-35)36-23-11-30(40)12-24-36;1-27(2)28(3,4)36-31(35-27)21-9-15-24(16-10-21)34(26-19-13-23(33)14-20-26)25-17-11-22(12-18-25)32-37-29(5,6)30(7,8)38-32;1-2-3-4-5-6-7-8-13-9-11-14(15)12-10-13;1-2-12(7-14-8-12)9-15-11-5-3-10(13)4-6-11/h1-24H;9-20H,1-8H3;9-12H,2-8H2,1H3;3-6H,2,7-9H2,1H3. The Labute approximate surface area is 703 Å². The fourth-order valence-electron chi connectivity index (χ4n) is 12.7. The molecule has 110 heavy (non-hydrogen) atoms. The van der Waals surface area contributed by atoms with Gasteiger partial charge < -0.3 is 42.8 Å². The number of unbranched alkanes of at least 4 members (excludes halogenated alkanes) is 5. The van der Waals surface area contributed by atoms with Crippen molar-refractivity contribution in [2.75, 3.05) is 34.5 Å². The van der Waals surface area contributed by atoms with Gasteiger partial charge in [0, 0.05) is 78.0 Å². The molecule has 3 heterocycles. The molecule has 14 rings (SSSR count). The fourth-order valence-corrected chi connectivity index (χ4v) is 14.3. The molecular formula is C92H96B2Br6FN3O6. The molecule has 3 aliphatic heterocycles. The summed E-state index contributed by atoms with van der Waals surface area (Å²) < 4.78 is 56.2. The maximum Gasteiger partial charge on any atom is 0.494 e. The molecule has 11 aromatic rings. The van der Waals surface area contributed by atoms with Crippen LogP contribution in [-0.4, -0.2) is 56.5 Å². The highest BCUT2D eigenvalue weighted by molar-refractivity contribution is 9.11. The molecule has 570 valence electrons. The van der Waals surface area contributed by atoms with E-state index in [9.17, 15) is 4.39 Å². The third kappa shape index (κ3) is 22.2. The van der Waals surface area contributed by atoms with E-state index < -0.39 is 36.6 Å². The number of halogens is 7. The number of nitrogens with zero attached hydrogens (tertiary/aromatic N) is 3. The van der Waals surface area contributed by atoms with Gasteiger partial charge in [0.1, 0.15) is 11.6 Å². The molecule has 3 fully saturated rings. The largest absolute Gasteiger partial charge is 0.494 e. The van der Waals surface area contributed by atoms with Gasteiger partial charge in [-0.05, 0) is 309 Å². The van der Waals surface area contributed by atoms with E-state index in [0.717, 1.165) is 128 Å². The van der Waals surface area contributed by atoms with Crippen LogP contribution in [0.2, 0.25) is 0 Å². The maximum atomic E-state index is 13.8. The van der Waals surface area contributed by atoms with E-state index in [1.165, 1.54) is 67.1 Å².